The minimum absolute atomic E-state index is 0.345. The Morgan fingerprint density at radius 2 is 1.96 bits per heavy atom. The minimum atomic E-state index is 0.345. The third-order valence-electron chi connectivity index (χ3n) is 6.45. The van der Waals surface area contributed by atoms with Crippen molar-refractivity contribution < 1.29 is 14.2 Å². The van der Waals surface area contributed by atoms with Gasteiger partial charge < -0.3 is 14.2 Å². The molecule has 4 heteroatoms. The Morgan fingerprint density at radius 3 is 2.82 bits per heavy atom. The van der Waals surface area contributed by atoms with Crippen molar-refractivity contribution >= 4 is 0 Å². The SMILES string of the molecule is COc1cccc2c1CCC[C@H]2CN(CCc1ccc2c(c1)OCO2)C1CC1. The summed E-state index contributed by atoms with van der Waals surface area (Å²) in [6, 6.07) is 13.7. The van der Waals surface area contributed by atoms with E-state index in [4.69, 9.17) is 14.2 Å². The molecule has 1 saturated carbocycles. The molecule has 2 aliphatic carbocycles. The summed E-state index contributed by atoms with van der Waals surface area (Å²) in [7, 11) is 1.79. The smallest absolute Gasteiger partial charge is 0.231 e. The van der Waals surface area contributed by atoms with E-state index in [1.54, 1.807) is 7.11 Å². The van der Waals surface area contributed by atoms with Crippen molar-refractivity contribution in [1.82, 2.24) is 4.90 Å². The van der Waals surface area contributed by atoms with Crippen LogP contribution < -0.4 is 14.2 Å². The lowest BCUT2D eigenvalue weighted by molar-refractivity contribution is 0.174. The van der Waals surface area contributed by atoms with Gasteiger partial charge in [0.05, 0.1) is 7.11 Å². The van der Waals surface area contributed by atoms with E-state index in [0.717, 1.165) is 49.2 Å². The Labute approximate surface area is 167 Å². The third-order valence-corrected chi connectivity index (χ3v) is 6.45. The standard InChI is InChI=1S/C24H29NO3/c1-26-22-7-3-5-20-18(4-2-6-21(20)22)15-25(19-9-10-19)13-12-17-8-11-23-24(14-17)28-16-27-23/h3,5,7-8,11,14,18-19H,2,4,6,9-10,12-13,15-16H2,1H3/t18-/m0/s1. The molecule has 0 amide bonds. The van der Waals surface area contributed by atoms with Gasteiger partial charge in [0.15, 0.2) is 11.5 Å². The molecule has 2 aromatic rings. The number of fused-ring (bicyclic) bond motifs is 2. The molecule has 0 saturated heterocycles. The van der Waals surface area contributed by atoms with Gasteiger partial charge in [-0.3, -0.25) is 4.90 Å². The molecule has 0 bridgehead atoms. The van der Waals surface area contributed by atoms with Gasteiger partial charge in [-0.1, -0.05) is 18.2 Å². The summed E-state index contributed by atoms with van der Waals surface area (Å²) in [5.41, 5.74) is 4.28. The molecule has 0 unspecified atom stereocenters. The van der Waals surface area contributed by atoms with Gasteiger partial charge in [-0.15, -0.1) is 0 Å². The van der Waals surface area contributed by atoms with Crippen molar-refractivity contribution in [3.8, 4) is 17.2 Å². The summed E-state index contributed by atoms with van der Waals surface area (Å²) in [4.78, 5) is 2.73. The summed E-state index contributed by atoms with van der Waals surface area (Å²) in [6.45, 7) is 2.62. The molecule has 1 heterocycles. The maximum Gasteiger partial charge on any atom is 0.231 e. The highest BCUT2D eigenvalue weighted by Crippen LogP contribution is 2.39. The summed E-state index contributed by atoms with van der Waals surface area (Å²) in [5.74, 6) is 3.45. The van der Waals surface area contributed by atoms with Crippen molar-refractivity contribution in [2.45, 2.75) is 50.5 Å². The van der Waals surface area contributed by atoms with Crippen LogP contribution in [0.15, 0.2) is 36.4 Å². The number of rotatable bonds is 7. The molecule has 1 aliphatic heterocycles. The van der Waals surface area contributed by atoms with Gasteiger partial charge in [-0.2, -0.15) is 0 Å². The van der Waals surface area contributed by atoms with Crippen molar-refractivity contribution in [1.29, 1.82) is 0 Å². The van der Waals surface area contributed by atoms with Gasteiger partial charge in [-0.25, -0.2) is 0 Å². The molecule has 28 heavy (non-hydrogen) atoms. The Hall–Kier alpha value is -2.20. The maximum absolute atomic E-state index is 5.63. The molecule has 4 nitrogen and oxygen atoms in total. The average molecular weight is 380 g/mol. The normalized spacial score (nSPS) is 20.3. The van der Waals surface area contributed by atoms with Crippen LogP contribution in [-0.2, 0) is 12.8 Å². The topological polar surface area (TPSA) is 30.9 Å². The van der Waals surface area contributed by atoms with Crippen molar-refractivity contribution in [3.63, 3.8) is 0 Å². The van der Waals surface area contributed by atoms with Gasteiger partial charge in [0.1, 0.15) is 5.75 Å². The summed E-state index contributed by atoms with van der Waals surface area (Å²) in [5, 5.41) is 0. The van der Waals surface area contributed by atoms with Gasteiger partial charge in [0.2, 0.25) is 6.79 Å². The van der Waals surface area contributed by atoms with E-state index in [2.05, 4.69) is 35.2 Å². The first-order chi connectivity index (χ1) is 13.8. The van der Waals surface area contributed by atoms with Gasteiger partial charge in [-0.05, 0) is 79.3 Å². The molecule has 5 rings (SSSR count). The van der Waals surface area contributed by atoms with E-state index in [1.165, 1.54) is 42.4 Å². The van der Waals surface area contributed by atoms with E-state index in [1.807, 2.05) is 6.07 Å². The predicted molar refractivity (Wildman–Crippen MR) is 110 cm³/mol. The summed E-state index contributed by atoms with van der Waals surface area (Å²) in [6.07, 6.45) is 7.45. The number of ether oxygens (including phenoxy) is 3. The van der Waals surface area contributed by atoms with Crippen LogP contribution in [0.1, 0.15) is 48.3 Å². The number of nitrogens with zero attached hydrogens (tertiary/aromatic N) is 1. The van der Waals surface area contributed by atoms with Crippen LogP contribution in [0.3, 0.4) is 0 Å². The zero-order valence-corrected chi connectivity index (χ0v) is 16.7. The van der Waals surface area contributed by atoms with Crippen molar-refractivity contribution in [2.24, 2.45) is 0 Å². The summed E-state index contributed by atoms with van der Waals surface area (Å²) >= 11 is 0. The molecular weight excluding hydrogens is 350 g/mol. The largest absolute Gasteiger partial charge is 0.496 e. The molecular formula is C24H29NO3. The zero-order chi connectivity index (χ0) is 18.9. The predicted octanol–water partition coefficient (Wildman–Crippen LogP) is 4.55. The molecule has 148 valence electrons. The van der Waals surface area contributed by atoms with E-state index in [-0.39, 0.29) is 0 Å². The van der Waals surface area contributed by atoms with E-state index < -0.39 is 0 Å². The monoisotopic (exact) mass is 379 g/mol. The number of hydrogen-bond donors (Lipinski definition) is 0. The highest BCUT2D eigenvalue weighted by Gasteiger charge is 2.32. The van der Waals surface area contributed by atoms with Crippen LogP contribution in [0.2, 0.25) is 0 Å². The van der Waals surface area contributed by atoms with E-state index >= 15 is 0 Å². The lowest BCUT2D eigenvalue weighted by atomic mass is 9.82. The molecule has 0 radical (unpaired) electrons. The van der Waals surface area contributed by atoms with Crippen LogP contribution in [0, 0.1) is 0 Å². The van der Waals surface area contributed by atoms with Crippen LogP contribution in [0.4, 0.5) is 0 Å². The fraction of sp³-hybridized carbons (Fsp3) is 0.500. The maximum atomic E-state index is 5.63. The Bertz CT molecular complexity index is 846. The highest BCUT2D eigenvalue weighted by molar-refractivity contribution is 5.45. The molecule has 0 spiro atoms. The van der Waals surface area contributed by atoms with E-state index in [0.29, 0.717) is 12.7 Å². The second-order valence-corrected chi connectivity index (χ2v) is 8.28. The van der Waals surface area contributed by atoms with Crippen LogP contribution in [0.5, 0.6) is 17.2 Å². The molecule has 3 aliphatic rings. The van der Waals surface area contributed by atoms with Gasteiger partial charge in [0.25, 0.3) is 0 Å². The van der Waals surface area contributed by atoms with Crippen molar-refractivity contribution in [3.05, 3.63) is 53.1 Å². The number of hydrogen-bond acceptors (Lipinski definition) is 4. The Balaban J connectivity index is 1.28. The Kier molecular flexibility index (Phi) is 4.89. The quantitative estimate of drug-likeness (QED) is 0.706. The Morgan fingerprint density at radius 1 is 1.07 bits per heavy atom. The lowest BCUT2D eigenvalue weighted by Gasteiger charge is -2.32. The second kappa shape index (κ2) is 7.67. The fourth-order valence-electron chi connectivity index (χ4n) is 4.81. The third kappa shape index (κ3) is 3.58. The first-order valence-electron chi connectivity index (χ1n) is 10.6. The van der Waals surface area contributed by atoms with Crippen LogP contribution >= 0.6 is 0 Å². The molecule has 1 atom stereocenters. The van der Waals surface area contributed by atoms with Gasteiger partial charge in [0, 0.05) is 19.1 Å². The first kappa shape index (κ1) is 17.9. The second-order valence-electron chi connectivity index (χ2n) is 8.28. The number of methoxy groups -OCH3 is 1. The average Bonchev–Trinajstić information content (AvgIpc) is 3.47. The minimum Gasteiger partial charge on any atom is -0.496 e. The van der Waals surface area contributed by atoms with E-state index in [9.17, 15) is 0 Å². The fourth-order valence-corrected chi connectivity index (χ4v) is 4.81. The molecule has 0 aromatic heterocycles. The van der Waals surface area contributed by atoms with Crippen LogP contribution in [-0.4, -0.2) is 37.9 Å². The zero-order valence-electron chi connectivity index (χ0n) is 16.7. The summed E-state index contributed by atoms with van der Waals surface area (Å²) < 4.78 is 16.6. The molecule has 0 N–H and O–H groups in total. The lowest BCUT2D eigenvalue weighted by Crippen LogP contribution is -2.34. The van der Waals surface area contributed by atoms with Crippen molar-refractivity contribution in [2.75, 3.05) is 27.0 Å². The van der Waals surface area contributed by atoms with Gasteiger partial charge >= 0.3 is 0 Å². The van der Waals surface area contributed by atoms with Crippen LogP contribution in [0.25, 0.3) is 0 Å². The number of benzene rings is 2. The first-order valence-corrected chi connectivity index (χ1v) is 10.6. The molecule has 1 fully saturated rings. The molecule has 2 aromatic carbocycles. The highest BCUT2D eigenvalue weighted by atomic mass is 16.7.